The van der Waals surface area contributed by atoms with Crippen molar-refractivity contribution in [3.63, 3.8) is 0 Å². The molecule has 23 heavy (non-hydrogen) atoms. The third-order valence-corrected chi connectivity index (χ3v) is 5.98. The molecule has 2 heterocycles. The Bertz CT molecular complexity index is 627. The molecule has 2 aliphatic rings. The van der Waals surface area contributed by atoms with Crippen LogP contribution in [0.15, 0.2) is 41.8 Å². The van der Waals surface area contributed by atoms with Crippen LogP contribution >= 0.6 is 0 Å². The number of piperidine rings is 1. The molecule has 1 spiro atoms. The van der Waals surface area contributed by atoms with Crippen molar-refractivity contribution in [3.05, 3.63) is 42.5 Å². The molecule has 2 aliphatic heterocycles. The van der Waals surface area contributed by atoms with E-state index >= 15 is 0 Å². The summed E-state index contributed by atoms with van der Waals surface area (Å²) in [6, 6.07) is 7.08. The lowest BCUT2D eigenvalue weighted by molar-refractivity contribution is -0.0445. The Kier molecular flexibility index (Phi) is 5.97. The van der Waals surface area contributed by atoms with E-state index in [1.54, 1.807) is 28.6 Å². The average molecular weight is 338 g/mol. The van der Waals surface area contributed by atoms with Crippen molar-refractivity contribution in [2.24, 2.45) is 0 Å². The molecule has 2 fully saturated rings. The SMILES string of the molecule is C=CC.Cc1cccc(S(=O)(=O)N2CCC3(CC2)NCCO3)c1. The lowest BCUT2D eigenvalue weighted by Gasteiger charge is -2.37. The first-order valence-electron chi connectivity index (χ1n) is 7.96. The topological polar surface area (TPSA) is 58.6 Å². The predicted octanol–water partition coefficient (Wildman–Crippen LogP) is 2.29. The molecule has 0 unspecified atom stereocenters. The summed E-state index contributed by atoms with van der Waals surface area (Å²) in [4.78, 5) is 0.383. The van der Waals surface area contributed by atoms with Crippen molar-refractivity contribution in [3.8, 4) is 0 Å². The van der Waals surface area contributed by atoms with Crippen LogP contribution in [0.1, 0.15) is 25.3 Å². The number of hydrogen-bond acceptors (Lipinski definition) is 4. The Morgan fingerprint density at radius 1 is 1.35 bits per heavy atom. The van der Waals surface area contributed by atoms with Gasteiger partial charge in [0.05, 0.1) is 11.5 Å². The molecule has 1 aromatic carbocycles. The van der Waals surface area contributed by atoms with Crippen LogP contribution in [0.2, 0.25) is 0 Å². The number of rotatable bonds is 2. The maximum atomic E-state index is 12.6. The van der Waals surface area contributed by atoms with Crippen molar-refractivity contribution in [2.45, 2.75) is 37.3 Å². The normalized spacial score (nSPS) is 20.8. The van der Waals surface area contributed by atoms with Gasteiger partial charge in [0, 0.05) is 32.5 Å². The van der Waals surface area contributed by atoms with Gasteiger partial charge < -0.3 is 4.74 Å². The van der Waals surface area contributed by atoms with E-state index in [1.165, 1.54) is 0 Å². The quantitative estimate of drug-likeness (QED) is 0.841. The first-order valence-corrected chi connectivity index (χ1v) is 9.40. The molecule has 0 radical (unpaired) electrons. The second kappa shape index (κ2) is 7.57. The van der Waals surface area contributed by atoms with Gasteiger partial charge in [-0.25, -0.2) is 8.42 Å². The second-order valence-electron chi connectivity index (χ2n) is 5.90. The number of allylic oxidation sites excluding steroid dienone is 1. The highest BCUT2D eigenvalue weighted by atomic mass is 32.2. The minimum absolute atomic E-state index is 0.293. The van der Waals surface area contributed by atoms with Gasteiger partial charge in [-0.05, 0) is 31.5 Å². The fourth-order valence-corrected chi connectivity index (χ4v) is 4.46. The van der Waals surface area contributed by atoms with E-state index in [1.807, 2.05) is 19.9 Å². The van der Waals surface area contributed by atoms with E-state index in [2.05, 4.69) is 11.9 Å². The highest BCUT2D eigenvalue weighted by molar-refractivity contribution is 7.89. The standard InChI is InChI=1S/C14H20N2O3S.C3H6/c1-12-3-2-4-13(11-12)20(17,18)16-8-5-14(6-9-16)15-7-10-19-14;1-3-2/h2-4,11,15H,5-10H2,1H3;3H,1H2,2H3. The molecular formula is C17H26N2O3S. The van der Waals surface area contributed by atoms with Crippen molar-refractivity contribution in [1.82, 2.24) is 9.62 Å². The Balaban J connectivity index is 0.000000595. The van der Waals surface area contributed by atoms with Gasteiger partial charge in [0.2, 0.25) is 10.0 Å². The van der Waals surface area contributed by atoms with E-state index < -0.39 is 10.0 Å². The highest BCUT2D eigenvalue weighted by Crippen LogP contribution is 2.29. The van der Waals surface area contributed by atoms with Crippen molar-refractivity contribution in [2.75, 3.05) is 26.2 Å². The third kappa shape index (κ3) is 4.20. The zero-order chi connectivity index (χ0) is 16.9. The summed E-state index contributed by atoms with van der Waals surface area (Å²) in [5.41, 5.74) is 0.666. The number of aryl methyl sites for hydroxylation is 1. The van der Waals surface area contributed by atoms with Gasteiger partial charge in [-0.15, -0.1) is 6.58 Å². The van der Waals surface area contributed by atoms with Crippen LogP contribution in [-0.2, 0) is 14.8 Å². The van der Waals surface area contributed by atoms with Crippen LogP contribution in [0.5, 0.6) is 0 Å². The van der Waals surface area contributed by atoms with Gasteiger partial charge >= 0.3 is 0 Å². The van der Waals surface area contributed by atoms with Crippen molar-refractivity contribution in [1.29, 1.82) is 0 Å². The fourth-order valence-electron chi connectivity index (χ4n) is 2.91. The molecule has 0 atom stereocenters. The molecular weight excluding hydrogens is 312 g/mol. The minimum Gasteiger partial charge on any atom is -0.359 e. The first-order chi connectivity index (χ1) is 10.9. The number of ether oxygens (including phenoxy) is 1. The summed E-state index contributed by atoms with van der Waals surface area (Å²) in [5.74, 6) is 0. The molecule has 1 N–H and O–H groups in total. The summed E-state index contributed by atoms with van der Waals surface area (Å²) < 4.78 is 32.5. The predicted molar refractivity (Wildman–Crippen MR) is 91.7 cm³/mol. The molecule has 6 heteroatoms. The Hall–Kier alpha value is -1.21. The monoisotopic (exact) mass is 338 g/mol. The molecule has 3 rings (SSSR count). The van der Waals surface area contributed by atoms with E-state index in [-0.39, 0.29) is 5.72 Å². The first kappa shape index (κ1) is 18.1. The molecule has 0 amide bonds. The Labute approximate surface area is 139 Å². The summed E-state index contributed by atoms with van der Waals surface area (Å²) >= 11 is 0. The number of nitrogens with one attached hydrogen (secondary N) is 1. The van der Waals surface area contributed by atoms with Gasteiger partial charge in [-0.3, -0.25) is 5.32 Å². The summed E-state index contributed by atoms with van der Waals surface area (Å²) in [6.07, 6.45) is 3.16. The summed E-state index contributed by atoms with van der Waals surface area (Å²) in [5, 5.41) is 3.35. The van der Waals surface area contributed by atoms with Crippen LogP contribution < -0.4 is 5.32 Å². The molecule has 1 aromatic rings. The van der Waals surface area contributed by atoms with Crippen LogP contribution in [0.4, 0.5) is 0 Å². The Morgan fingerprint density at radius 3 is 2.52 bits per heavy atom. The summed E-state index contributed by atoms with van der Waals surface area (Å²) in [7, 11) is -3.38. The Morgan fingerprint density at radius 2 is 2.00 bits per heavy atom. The van der Waals surface area contributed by atoms with Crippen LogP contribution in [0.25, 0.3) is 0 Å². The van der Waals surface area contributed by atoms with E-state index in [0.29, 0.717) is 37.4 Å². The number of benzene rings is 1. The average Bonchev–Trinajstić information content (AvgIpc) is 2.97. The number of hydrogen-bond donors (Lipinski definition) is 1. The van der Waals surface area contributed by atoms with Crippen molar-refractivity contribution < 1.29 is 13.2 Å². The van der Waals surface area contributed by atoms with E-state index in [4.69, 9.17) is 4.74 Å². The lowest BCUT2D eigenvalue weighted by atomic mass is 10.0. The maximum Gasteiger partial charge on any atom is 0.243 e. The number of sulfonamides is 1. The van der Waals surface area contributed by atoms with E-state index in [0.717, 1.165) is 12.1 Å². The molecule has 128 valence electrons. The fraction of sp³-hybridized carbons (Fsp3) is 0.529. The van der Waals surface area contributed by atoms with Gasteiger partial charge in [-0.1, -0.05) is 18.2 Å². The van der Waals surface area contributed by atoms with Crippen LogP contribution in [-0.4, -0.2) is 44.7 Å². The molecule has 0 aromatic heterocycles. The van der Waals surface area contributed by atoms with E-state index in [9.17, 15) is 8.42 Å². The largest absolute Gasteiger partial charge is 0.359 e. The van der Waals surface area contributed by atoms with Gasteiger partial charge in [-0.2, -0.15) is 4.31 Å². The van der Waals surface area contributed by atoms with Crippen LogP contribution in [0, 0.1) is 6.92 Å². The van der Waals surface area contributed by atoms with Gasteiger partial charge in [0.15, 0.2) is 0 Å². The lowest BCUT2D eigenvalue weighted by Crippen LogP contribution is -2.52. The zero-order valence-corrected chi connectivity index (χ0v) is 14.7. The molecule has 0 aliphatic carbocycles. The second-order valence-corrected chi connectivity index (χ2v) is 7.84. The molecule has 5 nitrogen and oxygen atoms in total. The molecule has 0 bridgehead atoms. The molecule has 0 saturated carbocycles. The number of nitrogens with zero attached hydrogens (tertiary/aromatic N) is 1. The zero-order valence-electron chi connectivity index (χ0n) is 13.9. The minimum atomic E-state index is -3.38. The van der Waals surface area contributed by atoms with Crippen LogP contribution in [0.3, 0.4) is 0 Å². The molecule has 2 saturated heterocycles. The summed E-state index contributed by atoms with van der Waals surface area (Å²) in [6.45, 7) is 9.72. The maximum absolute atomic E-state index is 12.6. The van der Waals surface area contributed by atoms with Gasteiger partial charge in [0.1, 0.15) is 5.72 Å². The van der Waals surface area contributed by atoms with Gasteiger partial charge in [0.25, 0.3) is 0 Å². The highest BCUT2D eigenvalue weighted by Gasteiger charge is 2.41. The smallest absolute Gasteiger partial charge is 0.243 e. The van der Waals surface area contributed by atoms with Crippen molar-refractivity contribution >= 4 is 10.0 Å². The third-order valence-electron chi connectivity index (χ3n) is 4.08.